The predicted octanol–water partition coefficient (Wildman–Crippen LogP) is -0.896. The van der Waals surface area contributed by atoms with Crippen LogP contribution in [0.4, 0.5) is 0 Å². The van der Waals surface area contributed by atoms with Crippen molar-refractivity contribution in [1.82, 2.24) is 10.6 Å². The molecule has 0 radical (unpaired) electrons. The molecule has 1 fully saturated rings. The first-order chi connectivity index (χ1) is 6.96. The lowest BCUT2D eigenvalue weighted by Crippen LogP contribution is -2.40. The van der Waals surface area contributed by atoms with Gasteiger partial charge in [0.2, 0.25) is 11.8 Å². The molecule has 1 saturated carbocycles. The zero-order valence-corrected chi connectivity index (χ0v) is 8.50. The van der Waals surface area contributed by atoms with Crippen LogP contribution in [0, 0.1) is 5.41 Å². The lowest BCUT2D eigenvalue weighted by molar-refractivity contribution is -0.143. The van der Waals surface area contributed by atoms with Gasteiger partial charge in [-0.05, 0) is 12.8 Å². The van der Waals surface area contributed by atoms with Gasteiger partial charge < -0.3 is 15.7 Å². The van der Waals surface area contributed by atoms with Gasteiger partial charge in [-0.25, -0.2) is 0 Å². The van der Waals surface area contributed by atoms with E-state index in [1.54, 1.807) is 0 Å². The van der Waals surface area contributed by atoms with Crippen LogP contribution in [-0.4, -0.2) is 36.0 Å². The van der Waals surface area contributed by atoms with Crippen LogP contribution in [0.15, 0.2) is 0 Å². The van der Waals surface area contributed by atoms with Crippen molar-refractivity contribution < 1.29 is 19.5 Å². The number of carboxylic acid groups (broad SMARTS) is 1. The lowest BCUT2D eigenvalue weighted by atomic mass is 10.1. The number of amides is 2. The molecule has 0 saturated heterocycles. The summed E-state index contributed by atoms with van der Waals surface area (Å²) in [7, 11) is 0. The second-order valence-corrected chi connectivity index (χ2v) is 3.77. The van der Waals surface area contributed by atoms with E-state index < -0.39 is 11.4 Å². The van der Waals surface area contributed by atoms with Crippen LogP contribution in [0.25, 0.3) is 0 Å². The predicted molar refractivity (Wildman–Crippen MR) is 51.0 cm³/mol. The molecule has 0 heterocycles. The highest BCUT2D eigenvalue weighted by molar-refractivity contribution is 5.84. The van der Waals surface area contributed by atoms with Crippen molar-refractivity contribution in [3.05, 3.63) is 0 Å². The van der Waals surface area contributed by atoms with Gasteiger partial charge >= 0.3 is 5.97 Å². The zero-order chi connectivity index (χ0) is 11.5. The molecule has 0 atom stereocenters. The molecule has 1 aliphatic rings. The molecule has 0 unspecified atom stereocenters. The molecule has 0 spiro atoms. The number of rotatable bonds is 5. The fraction of sp³-hybridized carbons (Fsp3) is 0.667. The molecule has 6 heteroatoms. The molecule has 84 valence electrons. The van der Waals surface area contributed by atoms with Crippen LogP contribution in [0.2, 0.25) is 0 Å². The summed E-state index contributed by atoms with van der Waals surface area (Å²) in [6.07, 6.45) is 1.20. The molecule has 0 aromatic carbocycles. The molecule has 1 rings (SSSR count). The average molecular weight is 214 g/mol. The number of hydrogen-bond donors (Lipinski definition) is 3. The maximum absolute atomic E-state index is 11.1. The standard InChI is InChI=1S/C9H14N2O4/c1-6(12)10-4-7(13)11-5-9(2-3-9)8(14)15/h2-5H2,1H3,(H,10,12)(H,11,13)(H,14,15). The Morgan fingerprint density at radius 3 is 2.27 bits per heavy atom. The van der Waals surface area contributed by atoms with Crippen LogP contribution in [0.1, 0.15) is 19.8 Å². The zero-order valence-electron chi connectivity index (χ0n) is 8.50. The molecule has 2 amide bonds. The summed E-state index contributed by atoms with van der Waals surface area (Å²) in [4.78, 5) is 32.4. The van der Waals surface area contributed by atoms with Gasteiger partial charge in [0, 0.05) is 13.5 Å². The third kappa shape index (κ3) is 3.23. The van der Waals surface area contributed by atoms with Crippen molar-refractivity contribution in [2.45, 2.75) is 19.8 Å². The second kappa shape index (κ2) is 4.29. The van der Waals surface area contributed by atoms with Crippen LogP contribution in [-0.2, 0) is 14.4 Å². The minimum Gasteiger partial charge on any atom is -0.481 e. The molecular formula is C9H14N2O4. The lowest BCUT2D eigenvalue weighted by Gasteiger charge is -2.10. The summed E-state index contributed by atoms with van der Waals surface area (Å²) in [5, 5.41) is 13.6. The molecule has 15 heavy (non-hydrogen) atoms. The normalized spacial score (nSPS) is 16.6. The number of nitrogens with one attached hydrogen (secondary N) is 2. The van der Waals surface area contributed by atoms with Crippen molar-refractivity contribution in [2.24, 2.45) is 5.41 Å². The van der Waals surface area contributed by atoms with Crippen molar-refractivity contribution >= 4 is 17.8 Å². The van der Waals surface area contributed by atoms with Gasteiger partial charge in [-0.3, -0.25) is 14.4 Å². The van der Waals surface area contributed by atoms with Gasteiger partial charge in [-0.1, -0.05) is 0 Å². The Labute approximate surface area is 87.0 Å². The number of aliphatic carboxylic acids is 1. The van der Waals surface area contributed by atoms with E-state index in [1.165, 1.54) is 6.92 Å². The highest BCUT2D eigenvalue weighted by Gasteiger charge is 2.50. The van der Waals surface area contributed by atoms with E-state index in [0.29, 0.717) is 12.8 Å². The number of carboxylic acids is 1. The van der Waals surface area contributed by atoms with Crippen molar-refractivity contribution in [3.8, 4) is 0 Å². The van der Waals surface area contributed by atoms with Gasteiger partial charge in [0.15, 0.2) is 0 Å². The number of carbonyl (C=O) groups excluding carboxylic acids is 2. The van der Waals surface area contributed by atoms with E-state index in [0.717, 1.165) is 0 Å². The molecule has 0 aliphatic heterocycles. The minimum atomic E-state index is -0.873. The summed E-state index contributed by atoms with van der Waals surface area (Å²) in [6, 6.07) is 0. The van der Waals surface area contributed by atoms with Crippen LogP contribution >= 0.6 is 0 Å². The minimum absolute atomic E-state index is 0.106. The van der Waals surface area contributed by atoms with Crippen molar-refractivity contribution in [1.29, 1.82) is 0 Å². The summed E-state index contributed by atoms with van der Waals surface area (Å²) < 4.78 is 0. The molecule has 1 aliphatic carbocycles. The van der Waals surface area contributed by atoms with E-state index in [9.17, 15) is 14.4 Å². The Balaban J connectivity index is 2.23. The van der Waals surface area contributed by atoms with Gasteiger partial charge in [0.1, 0.15) is 0 Å². The van der Waals surface area contributed by atoms with Crippen LogP contribution < -0.4 is 10.6 Å². The summed E-state index contributed by atoms with van der Waals surface area (Å²) in [5.41, 5.74) is -0.758. The van der Waals surface area contributed by atoms with Gasteiger partial charge in [0.05, 0.1) is 12.0 Å². The van der Waals surface area contributed by atoms with E-state index >= 15 is 0 Å². The molecular weight excluding hydrogens is 200 g/mol. The van der Waals surface area contributed by atoms with Gasteiger partial charge in [-0.15, -0.1) is 0 Å². The number of hydrogen-bond acceptors (Lipinski definition) is 3. The quantitative estimate of drug-likeness (QED) is 0.553. The van der Waals surface area contributed by atoms with Crippen LogP contribution in [0.3, 0.4) is 0 Å². The highest BCUT2D eigenvalue weighted by atomic mass is 16.4. The van der Waals surface area contributed by atoms with E-state index in [1.807, 2.05) is 0 Å². The SMILES string of the molecule is CC(=O)NCC(=O)NCC1(C(=O)O)CC1. The molecule has 0 aromatic rings. The van der Waals surface area contributed by atoms with E-state index in [4.69, 9.17) is 5.11 Å². The monoisotopic (exact) mass is 214 g/mol. The summed E-state index contributed by atoms with van der Waals surface area (Å²) in [5.74, 6) is -1.52. The molecule has 6 nitrogen and oxygen atoms in total. The Hall–Kier alpha value is -1.59. The second-order valence-electron chi connectivity index (χ2n) is 3.77. The molecule has 0 aromatic heterocycles. The highest BCUT2D eigenvalue weighted by Crippen LogP contribution is 2.45. The fourth-order valence-corrected chi connectivity index (χ4v) is 1.15. The van der Waals surface area contributed by atoms with E-state index in [-0.39, 0.29) is 24.9 Å². The Kier molecular flexibility index (Phi) is 3.28. The first-order valence-corrected chi connectivity index (χ1v) is 4.71. The Morgan fingerprint density at radius 1 is 1.27 bits per heavy atom. The topological polar surface area (TPSA) is 95.5 Å². The summed E-state index contributed by atoms with van der Waals surface area (Å²) in [6.45, 7) is 1.35. The maximum atomic E-state index is 11.1. The van der Waals surface area contributed by atoms with Gasteiger partial charge in [0.25, 0.3) is 0 Å². The summed E-state index contributed by atoms with van der Waals surface area (Å²) >= 11 is 0. The van der Waals surface area contributed by atoms with Crippen molar-refractivity contribution in [3.63, 3.8) is 0 Å². The largest absolute Gasteiger partial charge is 0.481 e. The molecule has 0 bridgehead atoms. The number of carbonyl (C=O) groups is 3. The van der Waals surface area contributed by atoms with Crippen molar-refractivity contribution in [2.75, 3.05) is 13.1 Å². The van der Waals surface area contributed by atoms with Gasteiger partial charge in [-0.2, -0.15) is 0 Å². The molecule has 3 N–H and O–H groups in total. The first-order valence-electron chi connectivity index (χ1n) is 4.71. The Bertz CT molecular complexity index is 296. The smallest absolute Gasteiger partial charge is 0.311 e. The third-order valence-electron chi connectivity index (χ3n) is 2.43. The first kappa shape index (κ1) is 11.5. The van der Waals surface area contributed by atoms with E-state index in [2.05, 4.69) is 10.6 Å². The van der Waals surface area contributed by atoms with Crippen LogP contribution in [0.5, 0.6) is 0 Å². The fourth-order valence-electron chi connectivity index (χ4n) is 1.15. The third-order valence-corrected chi connectivity index (χ3v) is 2.43. The average Bonchev–Trinajstić information content (AvgIpc) is 2.92. The Morgan fingerprint density at radius 2 is 1.87 bits per heavy atom. The maximum Gasteiger partial charge on any atom is 0.311 e.